The number of anilines is 1. The van der Waals surface area contributed by atoms with Crippen molar-refractivity contribution < 1.29 is 4.79 Å². The molecule has 1 unspecified atom stereocenters. The molecular formula is C12H16N4OS. The highest BCUT2D eigenvalue weighted by molar-refractivity contribution is 7.09. The van der Waals surface area contributed by atoms with E-state index in [9.17, 15) is 4.79 Å². The van der Waals surface area contributed by atoms with Gasteiger partial charge >= 0.3 is 0 Å². The first-order valence-corrected chi connectivity index (χ1v) is 6.61. The van der Waals surface area contributed by atoms with Gasteiger partial charge in [0, 0.05) is 23.5 Å². The van der Waals surface area contributed by atoms with Crippen molar-refractivity contribution in [3.8, 4) is 0 Å². The number of nitrogens with two attached hydrogens (primary N) is 1. The maximum Gasteiger partial charge on any atom is 0.241 e. The van der Waals surface area contributed by atoms with E-state index >= 15 is 0 Å². The van der Waals surface area contributed by atoms with Gasteiger partial charge in [0.05, 0.1) is 11.9 Å². The van der Waals surface area contributed by atoms with Gasteiger partial charge in [-0.1, -0.05) is 6.07 Å². The molecule has 6 heteroatoms. The third-order valence-corrected chi connectivity index (χ3v) is 3.35. The van der Waals surface area contributed by atoms with Crippen molar-refractivity contribution in [3.05, 3.63) is 34.8 Å². The Kier molecular flexibility index (Phi) is 3.99. The molecule has 0 aliphatic rings. The second-order valence-corrected chi connectivity index (χ2v) is 5.26. The predicted octanol–water partition coefficient (Wildman–Crippen LogP) is 1.27. The van der Waals surface area contributed by atoms with Gasteiger partial charge < -0.3 is 11.1 Å². The highest BCUT2D eigenvalue weighted by Gasteiger charge is 2.09. The maximum absolute atomic E-state index is 11.8. The van der Waals surface area contributed by atoms with E-state index in [0.29, 0.717) is 5.69 Å². The van der Waals surface area contributed by atoms with Gasteiger partial charge in [0.15, 0.2) is 0 Å². The van der Waals surface area contributed by atoms with Gasteiger partial charge in [-0.2, -0.15) is 5.10 Å². The van der Waals surface area contributed by atoms with Crippen LogP contribution in [0.4, 0.5) is 5.69 Å². The summed E-state index contributed by atoms with van der Waals surface area (Å²) in [6.07, 6.45) is 4.02. The molecule has 1 atom stereocenters. The first-order chi connectivity index (χ1) is 8.63. The zero-order valence-electron chi connectivity index (χ0n) is 10.2. The van der Waals surface area contributed by atoms with Crippen LogP contribution in [0, 0.1) is 0 Å². The van der Waals surface area contributed by atoms with Crippen LogP contribution in [-0.2, 0) is 17.8 Å². The van der Waals surface area contributed by atoms with E-state index in [1.54, 1.807) is 17.5 Å². The molecule has 0 radical (unpaired) electrons. The van der Waals surface area contributed by atoms with Crippen LogP contribution in [-0.4, -0.2) is 21.7 Å². The number of rotatable bonds is 5. The Balaban J connectivity index is 1.80. The SMILES string of the molecule is CC(Cc1cccs1)NC(=O)Cn1cc(N)cn1. The lowest BCUT2D eigenvalue weighted by atomic mass is 10.2. The maximum atomic E-state index is 11.8. The van der Waals surface area contributed by atoms with E-state index in [1.807, 2.05) is 18.4 Å². The lowest BCUT2D eigenvalue weighted by Gasteiger charge is -2.12. The summed E-state index contributed by atoms with van der Waals surface area (Å²) in [6.45, 7) is 2.20. The third-order valence-electron chi connectivity index (χ3n) is 2.45. The van der Waals surface area contributed by atoms with Crippen LogP contribution >= 0.6 is 11.3 Å². The van der Waals surface area contributed by atoms with Crippen LogP contribution < -0.4 is 11.1 Å². The second kappa shape index (κ2) is 5.68. The van der Waals surface area contributed by atoms with Crippen molar-refractivity contribution in [2.45, 2.75) is 25.9 Å². The summed E-state index contributed by atoms with van der Waals surface area (Å²) in [5.74, 6) is -0.0536. The van der Waals surface area contributed by atoms with E-state index in [-0.39, 0.29) is 18.5 Å². The number of hydrogen-bond donors (Lipinski definition) is 2. The van der Waals surface area contributed by atoms with Gasteiger partial charge in [-0.25, -0.2) is 0 Å². The van der Waals surface area contributed by atoms with E-state index in [4.69, 9.17) is 5.73 Å². The minimum Gasteiger partial charge on any atom is -0.396 e. The van der Waals surface area contributed by atoms with Gasteiger partial charge in [0.25, 0.3) is 0 Å². The number of carbonyl (C=O) groups is 1. The highest BCUT2D eigenvalue weighted by atomic mass is 32.1. The minimum absolute atomic E-state index is 0.0536. The predicted molar refractivity (Wildman–Crippen MR) is 72.3 cm³/mol. The van der Waals surface area contributed by atoms with Crippen molar-refractivity contribution in [1.82, 2.24) is 15.1 Å². The monoisotopic (exact) mass is 264 g/mol. The molecule has 96 valence electrons. The number of carbonyl (C=O) groups excluding carboxylic acids is 1. The number of amides is 1. The number of aromatic nitrogens is 2. The smallest absolute Gasteiger partial charge is 0.241 e. The first kappa shape index (κ1) is 12.6. The minimum atomic E-state index is -0.0536. The molecule has 5 nitrogen and oxygen atoms in total. The topological polar surface area (TPSA) is 72.9 Å². The summed E-state index contributed by atoms with van der Waals surface area (Å²) in [6, 6.07) is 4.20. The average Bonchev–Trinajstić information content (AvgIpc) is 2.90. The summed E-state index contributed by atoms with van der Waals surface area (Å²) in [5, 5.41) is 8.95. The summed E-state index contributed by atoms with van der Waals surface area (Å²) in [7, 11) is 0. The first-order valence-electron chi connectivity index (χ1n) is 5.73. The quantitative estimate of drug-likeness (QED) is 0.854. The Morgan fingerprint density at radius 3 is 3.11 bits per heavy atom. The van der Waals surface area contributed by atoms with Crippen molar-refractivity contribution in [3.63, 3.8) is 0 Å². The van der Waals surface area contributed by atoms with Crippen LogP contribution in [0.3, 0.4) is 0 Å². The molecular weight excluding hydrogens is 248 g/mol. The normalized spacial score (nSPS) is 12.3. The Labute approximate surface area is 110 Å². The number of nitrogen functional groups attached to an aromatic ring is 1. The molecule has 0 aliphatic carbocycles. The van der Waals surface area contributed by atoms with Crippen LogP contribution in [0.2, 0.25) is 0 Å². The molecule has 0 aliphatic heterocycles. The summed E-state index contributed by atoms with van der Waals surface area (Å²) in [4.78, 5) is 13.0. The van der Waals surface area contributed by atoms with E-state index in [1.165, 1.54) is 15.8 Å². The highest BCUT2D eigenvalue weighted by Crippen LogP contribution is 2.10. The molecule has 2 aromatic heterocycles. The van der Waals surface area contributed by atoms with E-state index < -0.39 is 0 Å². The van der Waals surface area contributed by atoms with Crippen LogP contribution in [0.25, 0.3) is 0 Å². The molecule has 18 heavy (non-hydrogen) atoms. The third kappa shape index (κ3) is 3.59. The molecule has 2 aromatic rings. The Bertz CT molecular complexity index is 506. The Morgan fingerprint density at radius 1 is 1.67 bits per heavy atom. The number of hydrogen-bond acceptors (Lipinski definition) is 4. The summed E-state index contributed by atoms with van der Waals surface area (Å²) in [5.41, 5.74) is 6.10. The molecule has 0 saturated carbocycles. The van der Waals surface area contributed by atoms with Crippen LogP contribution in [0.5, 0.6) is 0 Å². The molecule has 0 fully saturated rings. The fraction of sp³-hybridized carbons (Fsp3) is 0.333. The van der Waals surface area contributed by atoms with Crippen molar-refractivity contribution in [2.24, 2.45) is 0 Å². The second-order valence-electron chi connectivity index (χ2n) is 4.22. The fourth-order valence-electron chi connectivity index (χ4n) is 1.72. The van der Waals surface area contributed by atoms with Gasteiger partial charge in [0.2, 0.25) is 5.91 Å². The molecule has 0 saturated heterocycles. The van der Waals surface area contributed by atoms with E-state index in [2.05, 4.69) is 16.5 Å². The molecule has 0 bridgehead atoms. The van der Waals surface area contributed by atoms with Crippen molar-refractivity contribution >= 4 is 22.9 Å². The van der Waals surface area contributed by atoms with E-state index in [0.717, 1.165) is 6.42 Å². The largest absolute Gasteiger partial charge is 0.396 e. The molecule has 0 aromatic carbocycles. The molecule has 1 amide bonds. The summed E-state index contributed by atoms with van der Waals surface area (Å²) >= 11 is 1.70. The van der Waals surface area contributed by atoms with Gasteiger partial charge in [-0.3, -0.25) is 9.48 Å². The Morgan fingerprint density at radius 2 is 2.50 bits per heavy atom. The van der Waals surface area contributed by atoms with Crippen LogP contribution in [0.1, 0.15) is 11.8 Å². The Hall–Kier alpha value is -1.82. The van der Waals surface area contributed by atoms with Crippen molar-refractivity contribution in [1.29, 1.82) is 0 Å². The van der Waals surface area contributed by atoms with Crippen molar-refractivity contribution in [2.75, 3.05) is 5.73 Å². The zero-order chi connectivity index (χ0) is 13.0. The number of nitrogens with one attached hydrogen (secondary N) is 1. The molecule has 2 rings (SSSR count). The molecule has 3 N–H and O–H groups in total. The van der Waals surface area contributed by atoms with Gasteiger partial charge in [-0.05, 0) is 18.4 Å². The lowest BCUT2D eigenvalue weighted by molar-refractivity contribution is -0.122. The fourth-order valence-corrected chi connectivity index (χ4v) is 2.55. The van der Waals surface area contributed by atoms with Crippen LogP contribution in [0.15, 0.2) is 29.9 Å². The zero-order valence-corrected chi connectivity index (χ0v) is 11.0. The van der Waals surface area contributed by atoms with Gasteiger partial charge in [-0.15, -0.1) is 11.3 Å². The lowest BCUT2D eigenvalue weighted by Crippen LogP contribution is -2.36. The number of thiophene rings is 1. The summed E-state index contributed by atoms with van der Waals surface area (Å²) < 4.78 is 1.53. The molecule has 2 heterocycles. The standard InChI is InChI=1S/C12H16N4OS/c1-9(5-11-3-2-4-18-11)15-12(17)8-16-7-10(13)6-14-16/h2-4,6-7,9H,5,8,13H2,1H3,(H,15,17). The molecule has 0 spiro atoms. The van der Waals surface area contributed by atoms with Gasteiger partial charge in [0.1, 0.15) is 6.54 Å². The number of nitrogens with zero attached hydrogens (tertiary/aromatic N) is 2. The average molecular weight is 264 g/mol.